The molecule has 8 heteroatoms. The van der Waals surface area contributed by atoms with Crippen molar-refractivity contribution >= 4 is 62.4 Å². The molecule has 15 heavy (non-hydrogen) atoms. The Kier molecular flexibility index (Phi) is 5.08. The monoisotopic (exact) mass is 397 g/mol. The molecular weight excluding hydrogens is 398 g/mol. The van der Waals surface area contributed by atoms with Gasteiger partial charge in [0, 0.05) is 38.2 Å². The van der Waals surface area contributed by atoms with E-state index in [1.165, 1.54) is 0 Å². The molecule has 0 saturated heterocycles. The van der Waals surface area contributed by atoms with Crippen molar-refractivity contribution in [2.24, 2.45) is 0 Å². The second-order valence-electron chi connectivity index (χ2n) is 2.40. The number of aromatic nitrogens is 3. The van der Waals surface area contributed by atoms with Crippen LogP contribution in [-0.4, -0.2) is 15.0 Å². The summed E-state index contributed by atoms with van der Waals surface area (Å²) in [5.41, 5.74) is 1.04. The number of nitrogens with zero attached hydrogens (tertiary/aromatic N) is 2. The number of H-pyrrole nitrogens is 1. The van der Waals surface area contributed by atoms with Crippen molar-refractivity contribution < 1.29 is 32.7 Å². The molecule has 2 aromatic rings. The first-order chi connectivity index (χ1) is 6.59. The molecule has 0 aliphatic heterocycles. The third-order valence-electron chi connectivity index (χ3n) is 1.55. The first-order valence-electron chi connectivity index (χ1n) is 3.42. The van der Waals surface area contributed by atoms with Crippen LogP contribution in [0.2, 0.25) is 10.4 Å². The second-order valence-corrected chi connectivity index (χ2v) is 4.30. The molecule has 1 N–H and O–H groups in total. The van der Waals surface area contributed by atoms with Crippen LogP contribution in [0, 0.1) is 10.7 Å². The number of hydrogen-bond acceptors (Lipinski definition) is 3. The van der Waals surface area contributed by atoms with E-state index in [1.807, 2.05) is 0 Å². The number of pyridine rings is 1. The fourth-order valence-corrected chi connectivity index (χ4v) is 1.88. The molecule has 0 fully saturated rings. The summed E-state index contributed by atoms with van der Waals surface area (Å²) in [7, 11) is 0. The van der Waals surface area contributed by atoms with Crippen molar-refractivity contribution in [3.8, 4) is 0 Å². The average Bonchev–Trinajstić information content (AvgIpc) is 2.12. The van der Waals surface area contributed by atoms with Gasteiger partial charge in [0.2, 0.25) is 5.28 Å². The Morgan fingerprint density at radius 2 is 2.00 bits per heavy atom. The zero-order valence-corrected chi connectivity index (χ0v) is 13.8. The van der Waals surface area contributed by atoms with Crippen LogP contribution < -0.4 is 0 Å². The number of halogens is 3. The molecule has 2 heterocycles. The summed E-state index contributed by atoms with van der Waals surface area (Å²) in [5, 5.41) is 0.301. The van der Waals surface area contributed by atoms with E-state index < -0.39 is 0 Å². The molecule has 0 spiro atoms. The van der Waals surface area contributed by atoms with E-state index >= 15 is 0 Å². The van der Waals surface area contributed by atoms with Gasteiger partial charge in [0.15, 0.2) is 0 Å². The summed E-state index contributed by atoms with van der Waals surface area (Å²) < 4.78 is 1.12. The van der Waals surface area contributed by atoms with Gasteiger partial charge < -0.3 is 4.98 Å². The topological polar surface area (TPSA) is 41.6 Å². The van der Waals surface area contributed by atoms with Gasteiger partial charge in [-0.2, -0.15) is 12.2 Å². The van der Waals surface area contributed by atoms with Gasteiger partial charge in [0.25, 0.3) is 0 Å². The Hall–Kier alpha value is 0.874. The Morgan fingerprint density at radius 1 is 1.33 bits per heavy atom. The largest absolute Gasteiger partial charge is 0.464 e. The predicted molar refractivity (Wildman–Crippen MR) is 61.3 cm³/mol. The Balaban J connectivity index is 0.00000112. The van der Waals surface area contributed by atoms with E-state index in [4.69, 9.17) is 35.4 Å². The van der Waals surface area contributed by atoms with Gasteiger partial charge in [0.1, 0.15) is 5.15 Å². The standard InChI is InChI=1S/C7HBrCl2N3S.Y/c8-2-1-11-4-3(5(2)14)12-7(10)13-6(4)9;/h(H,11,14);/q-1;. The van der Waals surface area contributed by atoms with Crippen molar-refractivity contribution in [1.82, 2.24) is 15.0 Å². The molecule has 2 aromatic heterocycles. The molecule has 0 saturated carbocycles. The Morgan fingerprint density at radius 3 is 2.67 bits per heavy atom. The third-order valence-corrected chi connectivity index (χ3v) is 3.25. The minimum atomic E-state index is 0. The van der Waals surface area contributed by atoms with Crippen molar-refractivity contribution in [3.05, 3.63) is 25.6 Å². The van der Waals surface area contributed by atoms with Crippen LogP contribution >= 0.6 is 51.3 Å². The van der Waals surface area contributed by atoms with Gasteiger partial charge >= 0.3 is 0 Å². The molecule has 0 aromatic carbocycles. The van der Waals surface area contributed by atoms with Crippen molar-refractivity contribution in [2.45, 2.75) is 0 Å². The number of rotatable bonds is 0. The first-order valence-corrected chi connectivity index (χ1v) is 5.37. The molecule has 0 aliphatic rings. The molecule has 0 bridgehead atoms. The molecule has 0 atom stereocenters. The summed E-state index contributed by atoms with van der Waals surface area (Å²) in [5.74, 6) is 0. The van der Waals surface area contributed by atoms with Gasteiger partial charge in [0.05, 0.1) is 0 Å². The molecule has 0 amide bonds. The van der Waals surface area contributed by atoms with Crippen LogP contribution in [0.3, 0.4) is 0 Å². The molecule has 3 nitrogen and oxygen atoms in total. The fourth-order valence-electron chi connectivity index (χ4n) is 0.961. The maximum atomic E-state index is 5.84. The van der Waals surface area contributed by atoms with Gasteiger partial charge in [-0.25, -0.2) is 9.97 Å². The van der Waals surface area contributed by atoms with E-state index in [0.717, 1.165) is 0 Å². The summed E-state index contributed by atoms with van der Waals surface area (Å²) in [6, 6.07) is 0. The SMILES string of the molecule is S=c1c(Br)[c-][nH]c2c(Cl)nc(Cl)nc12.[Y]. The molecular formula is C7HBrCl2N3SY-. The van der Waals surface area contributed by atoms with Crippen LogP contribution in [-0.2, 0) is 32.7 Å². The molecule has 2 rings (SSSR count). The summed E-state index contributed by atoms with van der Waals surface area (Å²) in [4.78, 5) is 10.6. The van der Waals surface area contributed by atoms with Crippen LogP contribution in [0.4, 0.5) is 0 Å². The van der Waals surface area contributed by atoms with Crippen LogP contribution in [0.15, 0.2) is 4.47 Å². The van der Waals surface area contributed by atoms with Crippen molar-refractivity contribution in [1.29, 1.82) is 0 Å². The van der Waals surface area contributed by atoms with E-state index in [9.17, 15) is 0 Å². The van der Waals surface area contributed by atoms with Crippen LogP contribution in [0.1, 0.15) is 0 Å². The van der Waals surface area contributed by atoms with E-state index in [-0.39, 0.29) is 43.1 Å². The quantitative estimate of drug-likeness (QED) is 0.319. The number of nitrogens with one attached hydrogen (secondary N) is 1. The smallest absolute Gasteiger partial charge is 0.221 e. The average molecular weight is 399 g/mol. The maximum absolute atomic E-state index is 5.84. The second kappa shape index (κ2) is 5.47. The van der Waals surface area contributed by atoms with Gasteiger partial charge in [-0.1, -0.05) is 38.2 Å². The molecule has 75 valence electrons. The summed E-state index contributed by atoms with van der Waals surface area (Å²) in [6.07, 6.45) is 2.78. The van der Waals surface area contributed by atoms with Gasteiger partial charge in [-0.3, -0.25) is 0 Å². The normalized spacial score (nSPS) is 10.1. The zero-order chi connectivity index (χ0) is 10.3. The minimum absolute atomic E-state index is 0. The summed E-state index contributed by atoms with van der Waals surface area (Å²) in [6.45, 7) is 0. The Labute approximate surface area is 134 Å². The van der Waals surface area contributed by atoms with Crippen LogP contribution in [0.25, 0.3) is 11.0 Å². The van der Waals surface area contributed by atoms with Gasteiger partial charge in [-0.15, -0.1) is 0 Å². The summed E-state index contributed by atoms with van der Waals surface area (Å²) >= 11 is 19.8. The first kappa shape index (κ1) is 13.9. The van der Waals surface area contributed by atoms with Gasteiger partial charge in [-0.05, 0) is 21.6 Å². The van der Waals surface area contributed by atoms with Crippen LogP contribution in [0.5, 0.6) is 0 Å². The third kappa shape index (κ3) is 2.76. The minimum Gasteiger partial charge on any atom is -0.464 e. The predicted octanol–water partition coefficient (Wildman–Crippen LogP) is 3.55. The molecule has 1 radical (unpaired) electrons. The Bertz CT molecular complexity index is 574. The maximum Gasteiger partial charge on any atom is 0.221 e. The van der Waals surface area contributed by atoms with E-state index in [2.05, 4.69) is 37.1 Å². The number of aromatic amines is 1. The number of fused-ring (bicyclic) bond motifs is 1. The molecule has 0 unspecified atom stereocenters. The van der Waals surface area contributed by atoms with E-state index in [1.54, 1.807) is 0 Å². The number of hydrogen-bond donors (Lipinski definition) is 1. The van der Waals surface area contributed by atoms with Crippen molar-refractivity contribution in [3.63, 3.8) is 0 Å². The molecule has 0 aliphatic carbocycles. The van der Waals surface area contributed by atoms with E-state index in [0.29, 0.717) is 20.0 Å². The van der Waals surface area contributed by atoms with Crippen molar-refractivity contribution in [2.75, 3.05) is 0 Å². The zero-order valence-electron chi connectivity index (χ0n) is 7.01. The fraction of sp³-hybridized carbons (Fsp3) is 0.